The van der Waals surface area contributed by atoms with Gasteiger partial charge in [0.25, 0.3) is 0 Å². The standard InChI is InChI=1S/C58H34O2/c1-2-15-36(16-3-1)38-29-32-49-56-52(34-33-51-55(56)48-26-12-13-28-50(48)59-51)60-58(49)57(38)54-45-24-10-8-22-43(45)53(44-23-9-11-25-46(44)54)47-31-30-42(40-20-6-7-21-41(40)47)39-27-14-18-35-17-4-5-19-37(35)39/h1-34H. The SMILES string of the molecule is c1ccc(-c2ccc3c(oc4ccc5oc6ccccc6c5c43)c2-c2c3ccccc3c(-c3ccc(-c4cccc5ccccc45)c4ccccc34)c3ccccc23)cc1. The second-order valence-corrected chi connectivity index (χ2v) is 15.8. The number of fused-ring (bicyclic) bond motifs is 11. The lowest BCUT2D eigenvalue weighted by molar-refractivity contribution is 0.663. The first-order chi connectivity index (χ1) is 29.8. The van der Waals surface area contributed by atoms with Gasteiger partial charge in [0.1, 0.15) is 22.3 Å². The van der Waals surface area contributed by atoms with E-state index in [0.717, 1.165) is 60.6 Å². The number of hydrogen-bond donors (Lipinski definition) is 0. The van der Waals surface area contributed by atoms with Crippen LogP contribution >= 0.6 is 0 Å². The predicted octanol–water partition coefficient (Wildman–Crippen LogP) is 16.8. The second-order valence-electron chi connectivity index (χ2n) is 15.8. The first kappa shape index (κ1) is 33.1. The van der Waals surface area contributed by atoms with Gasteiger partial charge in [-0.3, -0.25) is 0 Å². The molecule has 2 heteroatoms. The van der Waals surface area contributed by atoms with E-state index in [-0.39, 0.29) is 0 Å². The van der Waals surface area contributed by atoms with Crippen LogP contribution < -0.4 is 0 Å². The summed E-state index contributed by atoms with van der Waals surface area (Å²) in [5.74, 6) is 0. The molecule has 0 atom stereocenters. The Bertz CT molecular complexity index is 3820. The minimum absolute atomic E-state index is 0.846. The van der Waals surface area contributed by atoms with Crippen molar-refractivity contribution < 1.29 is 8.83 Å². The quantitative estimate of drug-likeness (QED) is 0.167. The summed E-state index contributed by atoms with van der Waals surface area (Å²) < 4.78 is 13.5. The molecule has 2 nitrogen and oxygen atoms in total. The average Bonchev–Trinajstić information content (AvgIpc) is 3.89. The van der Waals surface area contributed by atoms with Crippen molar-refractivity contribution in [3.8, 4) is 44.5 Å². The summed E-state index contributed by atoms with van der Waals surface area (Å²) in [6, 6.07) is 74.5. The lowest BCUT2D eigenvalue weighted by atomic mass is 9.81. The molecule has 0 bridgehead atoms. The van der Waals surface area contributed by atoms with E-state index in [0.29, 0.717) is 0 Å². The third kappa shape index (κ3) is 4.70. The van der Waals surface area contributed by atoms with Crippen LogP contribution in [0.3, 0.4) is 0 Å². The highest BCUT2D eigenvalue weighted by Crippen LogP contribution is 2.52. The molecule has 2 heterocycles. The molecule has 0 aliphatic carbocycles. The Morgan fingerprint density at radius 3 is 1.47 bits per heavy atom. The van der Waals surface area contributed by atoms with E-state index in [2.05, 4.69) is 188 Å². The van der Waals surface area contributed by atoms with E-state index in [4.69, 9.17) is 8.83 Å². The van der Waals surface area contributed by atoms with Crippen molar-refractivity contribution in [2.24, 2.45) is 0 Å². The first-order valence-electron chi connectivity index (χ1n) is 20.6. The van der Waals surface area contributed by atoms with Crippen molar-refractivity contribution in [3.05, 3.63) is 206 Å². The predicted molar refractivity (Wildman–Crippen MR) is 253 cm³/mol. The molecule has 0 aliphatic heterocycles. The molecule has 60 heavy (non-hydrogen) atoms. The van der Waals surface area contributed by atoms with Crippen molar-refractivity contribution >= 4 is 87.0 Å². The fourth-order valence-electron chi connectivity index (χ4n) is 10.2. The number of para-hydroxylation sites is 1. The summed E-state index contributed by atoms with van der Waals surface area (Å²) in [7, 11) is 0. The molecular weight excluding hydrogens is 729 g/mol. The molecule has 0 amide bonds. The fourth-order valence-corrected chi connectivity index (χ4v) is 10.2. The van der Waals surface area contributed by atoms with Gasteiger partial charge in [0, 0.05) is 32.7 Å². The van der Waals surface area contributed by atoms with Crippen LogP contribution in [0.2, 0.25) is 0 Å². The number of benzene rings is 11. The maximum atomic E-state index is 7.14. The molecule has 0 fully saturated rings. The highest BCUT2D eigenvalue weighted by Gasteiger charge is 2.26. The van der Waals surface area contributed by atoms with Crippen LogP contribution in [-0.2, 0) is 0 Å². The van der Waals surface area contributed by atoms with Crippen LogP contribution in [0, 0.1) is 0 Å². The number of rotatable bonds is 4. The van der Waals surface area contributed by atoms with E-state index in [1.165, 1.54) is 70.9 Å². The Morgan fingerprint density at radius 1 is 0.233 bits per heavy atom. The van der Waals surface area contributed by atoms with Gasteiger partial charge in [0.2, 0.25) is 0 Å². The number of hydrogen-bond acceptors (Lipinski definition) is 2. The summed E-state index contributed by atoms with van der Waals surface area (Å²) >= 11 is 0. The molecule has 0 spiro atoms. The zero-order valence-electron chi connectivity index (χ0n) is 32.4. The molecular formula is C58H34O2. The van der Waals surface area contributed by atoms with Crippen LogP contribution in [-0.4, -0.2) is 0 Å². The van der Waals surface area contributed by atoms with Crippen molar-refractivity contribution in [2.45, 2.75) is 0 Å². The second kappa shape index (κ2) is 12.8. The van der Waals surface area contributed by atoms with Gasteiger partial charge in [-0.25, -0.2) is 0 Å². The van der Waals surface area contributed by atoms with E-state index < -0.39 is 0 Å². The summed E-state index contributed by atoms with van der Waals surface area (Å²) in [6.07, 6.45) is 0. The third-order valence-electron chi connectivity index (χ3n) is 12.7. The maximum absolute atomic E-state index is 7.14. The smallest absolute Gasteiger partial charge is 0.143 e. The summed E-state index contributed by atoms with van der Waals surface area (Å²) in [6.45, 7) is 0. The van der Waals surface area contributed by atoms with Gasteiger partial charge in [0.05, 0.1) is 0 Å². The van der Waals surface area contributed by atoms with Gasteiger partial charge < -0.3 is 8.83 Å². The van der Waals surface area contributed by atoms with Crippen LogP contribution in [0.1, 0.15) is 0 Å². The summed E-state index contributed by atoms with van der Waals surface area (Å²) in [5.41, 5.74) is 12.9. The Hall–Kier alpha value is -7.94. The first-order valence-corrected chi connectivity index (χ1v) is 20.6. The molecule has 0 saturated heterocycles. The highest BCUT2D eigenvalue weighted by atomic mass is 16.3. The zero-order chi connectivity index (χ0) is 39.3. The lowest BCUT2D eigenvalue weighted by Crippen LogP contribution is -1.94. The van der Waals surface area contributed by atoms with E-state index in [1.807, 2.05) is 18.2 Å². The molecule has 0 unspecified atom stereocenters. The summed E-state index contributed by atoms with van der Waals surface area (Å²) in [5, 5.41) is 14.1. The highest BCUT2D eigenvalue weighted by molar-refractivity contribution is 6.31. The molecule has 0 saturated carbocycles. The fraction of sp³-hybridized carbons (Fsp3) is 0. The molecule has 2 aromatic heterocycles. The van der Waals surface area contributed by atoms with Gasteiger partial charge in [-0.2, -0.15) is 0 Å². The van der Waals surface area contributed by atoms with Gasteiger partial charge in [0.15, 0.2) is 0 Å². The minimum Gasteiger partial charge on any atom is -0.456 e. The maximum Gasteiger partial charge on any atom is 0.143 e. The Kier molecular flexibility index (Phi) is 7.05. The lowest BCUT2D eigenvalue weighted by Gasteiger charge is -2.21. The minimum atomic E-state index is 0.846. The van der Waals surface area contributed by atoms with Crippen molar-refractivity contribution in [1.82, 2.24) is 0 Å². The van der Waals surface area contributed by atoms with Crippen molar-refractivity contribution in [1.29, 1.82) is 0 Å². The van der Waals surface area contributed by atoms with E-state index in [1.54, 1.807) is 0 Å². The number of furan rings is 2. The average molecular weight is 763 g/mol. The van der Waals surface area contributed by atoms with Crippen molar-refractivity contribution in [2.75, 3.05) is 0 Å². The zero-order valence-corrected chi connectivity index (χ0v) is 32.4. The van der Waals surface area contributed by atoms with Crippen LogP contribution in [0.25, 0.3) is 131 Å². The van der Waals surface area contributed by atoms with Crippen LogP contribution in [0.15, 0.2) is 215 Å². The molecule has 11 aromatic carbocycles. The normalized spacial score (nSPS) is 12.0. The monoisotopic (exact) mass is 762 g/mol. The molecule has 13 rings (SSSR count). The van der Waals surface area contributed by atoms with Crippen molar-refractivity contribution in [3.63, 3.8) is 0 Å². The largest absolute Gasteiger partial charge is 0.456 e. The molecule has 0 N–H and O–H groups in total. The molecule has 13 aromatic rings. The topological polar surface area (TPSA) is 26.3 Å². The van der Waals surface area contributed by atoms with Gasteiger partial charge in [-0.1, -0.05) is 182 Å². The molecule has 278 valence electrons. The Balaban J connectivity index is 1.15. The van der Waals surface area contributed by atoms with Crippen LogP contribution in [0.5, 0.6) is 0 Å². The van der Waals surface area contributed by atoms with Gasteiger partial charge >= 0.3 is 0 Å². The molecule has 0 radical (unpaired) electrons. The van der Waals surface area contributed by atoms with E-state index in [9.17, 15) is 0 Å². The Morgan fingerprint density at radius 2 is 0.733 bits per heavy atom. The van der Waals surface area contributed by atoms with Crippen LogP contribution in [0.4, 0.5) is 0 Å². The van der Waals surface area contributed by atoms with E-state index >= 15 is 0 Å². The summed E-state index contributed by atoms with van der Waals surface area (Å²) in [4.78, 5) is 0. The van der Waals surface area contributed by atoms with Gasteiger partial charge in [-0.15, -0.1) is 0 Å². The Labute approximate surface area is 345 Å². The van der Waals surface area contributed by atoms with Gasteiger partial charge in [-0.05, 0) is 101 Å². The molecule has 0 aliphatic rings. The third-order valence-corrected chi connectivity index (χ3v) is 12.7.